The number of hydrogen-bond acceptors (Lipinski definition) is 1. The first-order valence-electron chi connectivity index (χ1n) is 2.52. The molecule has 1 aliphatic rings. The highest BCUT2D eigenvalue weighted by Gasteiger charge is 2.09. The Kier molecular flexibility index (Phi) is 3.97. The molecule has 4 heteroatoms. The quantitative estimate of drug-likeness (QED) is 0.490. The fraction of sp³-hybridized carbons (Fsp3) is 1.00. The van der Waals surface area contributed by atoms with Gasteiger partial charge in [-0.05, 0) is 12.8 Å². The van der Waals surface area contributed by atoms with E-state index in [2.05, 4.69) is 0 Å². The van der Waals surface area contributed by atoms with E-state index in [4.69, 9.17) is 0 Å². The van der Waals surface area contributed by atoms with E-state index in [1.165, 1.54) is 12.8 Å². The highest BCUT2D eigenvalue weighted by Crippen LogP contribution is 2.14. The zero-order valence-corrected chi connectivity index (χ0v) is 5.53. The molecule has 0 radical (unpaired) electrons. The number of nitrogens with zero attached hydrogens (tertiary/aromatic N) is 1. The molecule has 48 valence electrons. The molecule has 1 saturated heterocycles. The van der Waals surface area contributed by atoms with E-state index < -0.39 is 0 Å². The van der Waals surface area contributed by atoms with E-state index in [1.807, 2.05) is 4.67 Å². The fourth-order valence-corrected chi connectivity index (χ4v) is 1.23. The molecule has 0 unspecified atom stereocenters. The highest BCUT2D eigenvalue weighted by molar-refractivity contribution is 7.20. The number of hydrogen-bond donors (Lipinski definition) is 0. The minimum atomic E-state index is 0. The molecule has 1 aliphatic heterocycles. The van der Waals surface area contributed by atoms with Crippen molar-refractivity contribution in [1.29, 1.82) is 0 Å². The van der Waals surface area contributed by atoms with Gasteiger partial charge in [-0.1, -0.05) is 0 Å². The molecule has 0 aliphatic carbocycles. The van der Waals surface area contributed by atoms with Gasteiger partial charge in [0.25, 0.3) is 0 Å². The third kappa shape index (κ3) is 1.86. The molecule has 1 rings (SSSR count). The fourth-order valence-electron chi connectivity index (χ4n) is 0.782. The van der Waals surface area contributed by atoms with Crippen molar-refractivity contribution in [2.24, 2.45) is 0 Å². The van der Waals surface area contributed by atoms with Crippen molar-refractivity contribution in [2.75, 3.05) is 13.1 Å². The Morgan fingerprint density at radius 2 is 1.75 bits per heavy atom. The maximum Gasteiger partial charge on any atom is 0.248 e. The lowest BCUT2D eigenvalue weighted by Crippen LogP contribution is -2.03. The topological polar surface area (TPSA) is 51.8 Å². The van der Waals surface area contributed by atoms with Crippen molar-refractivity contribution in [2.45, 2.75) is 12.8 Å². The molecule has 1 heterocycles. The van der Waals surface area contributed by atoms with Gasteiger partial charge in [-0.3, -0.25) is 4.57 Å². The zero-order chi connectivity index (χ0) is 5.11. The van der Waals surface area contributed by atoms with Crippen LogP contribution in [0.5, 0.6) is 0 Å². The third-order valence-electron chi connectivity index (χ3n) is 1.20. The monoisotopic (exact) mass is 135 g/mol. The molecule has 0 aromatic rings. The Labute approximate surface area is 50.2 Å². The Morgan fingerprint density at radius 3 is 2.00 bits per heavy atom. The molecule has 0 aromatic heterocycles. The van der Waals surface area contributed by atoms with Gasteiger partial charge in [-0.25, -0.2) is 4.67 Å². The smallest absolute Gasteiger partial charge is 0.248 e. The van der Waals surface area contributed by atoms with Crippen LogP contribution in [0.2, 0.25) is 0 Å². The Balaban J connectivity index is 0.000000490. The lowest BCUT2D eigenvalue weighted by Gasteiger charge is -1.97. The van der Waals surface area contributed by atoms with Gasteiger partial charge in [-0.2, -0.15) is 0 Å². The van der Waals surface area contributed by atoms with Crippen molar-refractivity contribution in [3.05, 3.63) is 0 Å². The van der Waals surface area contributed by atoms with Crippen molar-refractivity contribution < 1.29 is 10.0 Å². The van der Waals surface area contributed by atoms with Gasteiger partial charge in [0.05, 0.1) is 0 Å². The molecule has 1 fully saturated rings. The van der Waals surface area contributed by atoms with Crippen molar-refractivity contribution in [3.63, 3.8) is 0 Å². The van der Waals surface area contributed by atoms with Crippen LogP contribution in [0, 0.1) is 0 Å². The average molecular weight is 135 g/mol. The first-order chi connectivity index (χ1) is 3.43. The normalized spacial score (nSPS) is 21.0. The van der Waals surface area contributed by atoms with Gasteiger partial charge in [0.2, 0.25) is 8.61 Å². The standard InChI is InChI=1S/C4H8NOP.H2O/c6-7-5-3-1-2-4-5;/h1-4H2;1H2. The predicted molar refractivity (Wildman–Crippen MR) is 32.0 cm³/mol. The van der Waals surface area contributed by atoms with Crippen LogP contribution in [0.4, 0.5) is 0 Å². The second-order valence-corrected chi connectivity index (χ2v) is 2.47. The van der Waals surface area contributed by atoms with Gasteiger partial charge in [0, 0.05) is 13.1 Å². The third-order valence-corrected chi connectivity index (χ3v) is 1.83. The van der Waals surface area contributed by atoms with Crippen LogP contribution in [-0.2, 0) is 4.57 Å². The van der Waals surface area contributed by atoms with Crippen molar-refractivity contribution >= 4 is 8.61 Å². The predicted octanol–water partition coefficient (Wildman–Crippen LogP) is 0.464. The molecule has 0 saturated carbocycles. The molecule has 0 spiro atoms. The first kappa shape index (κ1) is 8.02. The second-order valence-electron chi connectivity index (χ2n) is 1.74. The highest BCUT2D eigenvalue weighted by atomic mass is 31.1. The average Bonchev–Trinajstić information content (AvgIpc) is 2.14. The van der Waals surface area contributed by atoms with E-state index >= 15 is 0 Å². The maximum absolute atomic E-state index is 10.0. The lowest BCUT2D eigenvalue weighted by atomic mass is 10.4. The molecule has 8 heavy (non-hydrogen) atoms. The molecule has 2 N–H and O–H groups in total. The summed E-state index contributed by atoms with van der Waals surface area (Å²) in [5.41, 5.74) is 0. The van der Waals surface area contributed by atoms with E-state index in [0.717, 1.165) is 13.1 Å². The molecular formula is C4H10NO2P. The summed E-state index contributed by atoms with van der Waals surface area (Å²) in [6, 6.07) is 0. The van der Waals surface area contributed by atoms with Crippen LogP contribution in [0.25, 0.3) is 0 Å². The van der Waals surface area contributed by atoms with Crippen LogP contribution >= 0.6 is 8.61 Å². The van der Waals surface area contributed by atoms with Gasteiger partial charge in [-0.15, -0.1) is 0 Å². The van der Waals surface area contributed by atoms with E-state index in [9.17, 15) is 4.57 Å². The van der Waals surface area contributed by atoms with Gasteiger partial charge < -0.3 is 5.48 Å². The molecule has 0 bridgehead atoms. The number of rotatable bonds is 1. The SMILES string of the molecule is O.O=PN1CCCC1. The Bertz CT molecular complexity index is 72.4. The summed E-state index contributed by atoms with van der Waals surface area (Å²) < 4.78 is 11.9. The Morgan fingerprint density at radius 1 is 1.25 bits per heavy atom. The molecule has 0 aromatic carbocycles. The van der Waals surface area contributed by atoms with E-state index in [0.29, 0.717) is 0 Å². The molecule has 3 nitrogen and oxygen atoms in total. The minimum Gasteiger partial charge on any atom is -0.412 e. The summed E-state index contributed by atoms with van der Waals surface area (Å²) in [7, 11) is 0.205. The van der Waals surface area contributed by atoms with Gasteiger partial charge in [0.1, 0.15) is 0 Å². The summed E-state index contributed by atoms with van der Waals surface area (Å²) in [5, 5.41) is 0. The molecular weight excluding hydrogens is 125 g/mol. The maximum atomic E-state index is 10.0. The first-order valence-corrected chi connectivity index (χ1v) is 3.28. The van der Waals surface area contributed by atoms with Gasteiger partial charge in [0.15, 0.2) is 0 Å². The summed E-state index contributed by atoms with van der Waals surface area (Å²) in [4.78, 5) is 0. The molecule has 0 amide bonds. The van der Waals surface area contributed by atoms with Crippen LogP contribution in [0.15, 0.2) is 0 Å². The summed E-state index contributed by atoms with van der Waals surface area (Å²) in [6.45, 7) is 2.04. The largest absolute Gasteiger partial charge is 0.412 e. The van der Waals surface area contributed by atoms with Crippen LogP contribution in [0.1, 0.15) is 12.8 Å². The zero-order valence-electron chi connectivity index (χ0n) is 4.63. The Hall–Kier alpha value is 0.0200. The summed E-state index contributed by atoms with van der Waals surface area (Å²) >= 11 is 0. The minimum absolute atomic E-state index is 0. The van der Waals surface area contributed by atoms with E-state index in [1.54, 1.807) is 0 Å². The summed E-state index contributed by atoms with van der Waals surface area (Å²) in [5.74, 6) is 0. The lowest BCUT2D eigenvalue weighted by molar-refractivity contribution is 0.511. The van der Waals surface area contributed by atoms with Crippen LogP contribution in [0.3, 0.4) is 0 Å². The molecule has 0 atom stereocenters. The van der Waals surface area contributed by atoms with Crippen LogP contribution in [-0.4, -0.2) is 23.2 Å². The second kappa shape index (κ2) is 3.96. The van der Waals surface area contributed by atoms with Crippen molar-refractivity contribution in [3.8, 4) is 0 Å². The van der Waals surface area contributed by atoms with Crippen molar-refractivity contribution in [1.82, 2.24) is 4.67 Å². The summed E-state index contributed by atoms with van der Waals surface area (Å²) in [6.07, 6.45) is 2.44. The van der Waals surface area contributed by atoms with Crippen LogP contribution < -0.4 is 0 Å². The van der Waals surface area contributed by atoms with E-state index in [-0.39, 0.29) is 14.1 Å². The van der Waals surface area contributed by atoms with Gasteiger partial charge >= 0.3 is 0 Å².